The van der Waals surface area contributed by atoms with E-state index < -0.39 is 42.6 Å². The monoisotopic (exact) mass is 333 g/mol. The van der Waals surface area contributed by atoms with Gasteiger partial charge in [0.25, 0.3) is 0 Å². The molecular formula is C14H23NO8. The average molecular weight is 333 g/mol. The van der Waals surface area contributed by atoms with E-state index in [2.05, 4.69) is 5.32 Å². The van der Waals surface area contributed by atoms with Crippen LogP contribution in [0.1, 0.15) is 33.6 Å². The molecule has 1 saturated heterocycles. The average Bonchev–Trinajstić information content (AvgIpc) is 2.44. The van der Waals surface area contributed by atoms with Crippen molar-refractivity contribution < 1.29 is 38.8 Å². The molecule has 0 aromatic heterocycles. The van der Waals surface area contributed by atoms with Gasteiger partial charge in [0.05, 0.1) is 0 Å². The van der Waals surface area contributed by atoms with Crippen LogP contribution in [0.3, 0.4) is 0 Å². The Morgan fingerprint density at radius 1 is 1.17 bits per heavy atom. The lowest BCUT2D eigenvalue weighted by Gasteiger charge is -2.42. The van der Waals surface area contributed by atoms with Crippen LogP contribution in [-0.4, -0.2) is 65.3 Å². The molecule has 1 rings (SSSR count). The highest BCUT2D eigenvalue weighted by molar-refractivity contribution is 5.76. The molecule has 1 fully saturated rings. The zero-order valence-electron chi connectivity index (χ0n) is 13.4. The Bertz CT molecular complexity index is 440. The summed E-state index contributed by atoms with van der Waals surface area (Å²) in [5, 5.41) is 22.7. The molecule has 9 heteroatoms. The maximum absolute atomic E-state index is 11.7. The lowest BCUT2D eigenvalue weighted by Crippen LogP contribution is -2.65. The van der Waals surface area contributed by atoms with E-state index in [9.17, 15) is 24.6 Å². The number of nitrogens with one attached hydrogen (secondary N) is 1. The highest BCUT2D eigenvalue weighted by Gasteiger charge is 2.47. The topological polar surface area (TPSA) is 131 Å². The van der Waals surface area contributed by atoms with E-state index in [0.29, 0.717) is 6.42 Å². The van der Waals surface area contributed by atoms with Crippen LogP contribution < -0.4 is 5.32 Å². The Hall–Kier alpha value is -1.71. The van der Waals surface area contributed by atoms with Crippen molar-refractivity contribution in [2.24, 2.45) is 0 Å². The molecule has 9 nitrogen and oxygen atoms in total. The number of ether oxygens (including phenoxy) is 3. The molecule has 3 N–H and O–H groups in total. The van der Waals surface area contributed by atoms with E-state index in [4.69, 9.17) is 14.2 Å². The van der Waals surface area contributed by atoms with Crippen molar-refractivity contribution in [2.45, 2.75) is 64.3 Å². The van der Waals surface area contributed by atoms with Gasteiger partial charge in [-0.1, -0.05) is 6.92 Å². The number of hydrogen-bond acceptors (Lipinski definition) is 8. The van der Waals surface area contributed by atoms with Crippen LogP contribution in [0, 0.1) is 0 Å². The first-order valence-electron chi connectivity index (χ1n) is 7.37. The molecule has 0 spiro atoms. The van der Waals surface area contributed by atoms with E-state index >= 15 is 0 Å². The van der Waals surface area contributed by atoms with Crippen LogP contribution in [0.25, 0.3) is 0 Å². The first-order valence-corrected chi connectivity index (χ1v) is 7.37. The van der Waals surface area contributed by atoms with Crippen LogP contribution in [-0.2, 0) is 28.6 Å². The van der Waals surface area contributed by atoms with Crippen molar-refractivity contribution in [3.05, 3.63) is 0 Å². The van der Waals surface area contributed by atoms with Crippen molar-refractivity contribution >= 4 is 17.8 Å². The lowest BCUT2D eigenvalue weighted by molar-refractivity contribution is -0.260. The fraction of sp³-hybridized carbons (Fsp3) is 0.786. The Labute approximate surface area is 133 Å². The van der Waals surface area contributed by atoms with Gasteiger partial charge in [0.2, 0.25) is 5.91 Å². The molecule has 0 bridgehead atoms. The smallest absolute Gasteiger partial charge is 0.303 e. The second-order valence-corrected chi connectivity index (χ2v) is 5.28. The quantitative estimate of drug-likeness (QED) is 0.519. The van der Waals surface area contributed by atoms with Crippen molar-refractivity contribution in [1.29, 1.82) is 0 Å². The van der Waals surface area contributed by atoms with Gasteiger partial charge >= 0.3 is 11.9 Å². The fourth-order valence-electron chi connectivity index (χ4n) is 2.25. The second kappa shape index (κ2) is 8.80. The third-order valence-corrected chi connectivity index (χ3v) is 3.25. The number of aliphatic hydroxyl groups is 2. The van der Waals surface area contributed by atoms with Crippen LogP contribution in [0.2, 0.25) is 0 Å². The second-order valence-electron chi connectivity index (χ2n) is 5.28. The summed E-state index contributed by atoms with van der Waals surface area (Å²) >= 11 is 0. The molecule has 1 heterocycles. The largest absolute Gasteiger partial charge is 0.463 e. The highest BCUT2D eigenvalue weighted by Crippen LogP contribution is 2.23. The summed E-state index contributed by atoms with van der Waals surface area (Å²) in [7, 11) is 0. The standard InChI is InChI=1S/C14H23NO8/c1-4-5-10(18)15-11-12(19)13(22-8(3)17)9(23-14(11)20)6-21-7(2)16/h9,11-14,19-20H,4-6H2,1-3H3,(H,15,18)/t9-,11-,12-,13-,14?/m1/s1. The third kappa shape index (κ3) is 5.77. The predicted octanol–water partition coefficient (Wildman–Crippen LogP) is -1.16. The number of carbonyl (C=O) groups is 3. The molecule has 0 aromatic carbocycles. The first kappa shape index (κ1) is 19.3. The van der Waals surface area contributed by atoms with Crippen molar-refractivity contribution in [3.8, 4) is 0 Å². The molecule has 1 aliphatic rings. The number of aliphatic hydroxyl groups excluding tert-OH is 2. The third-order valence-electron chi connectivity index (χ3n) is 3.25. The summed E-state index contributed by atoms with van der Waals surface area (Å²) in [6.45, 7) is 3.83. The van der Waals surface area contributed by atoms with Gasteiger partial charge in [0, 0.05) is 20.3 Å². The normalized spacial score (nSPS) is 30.4. The summed E-state index contributed by atoms with van der Waals surface area (Å²) < 4.78 is 15.0. The van der Waals surface area contributed by atoms with Gasteiger partial charge in [-0.3, -0.25) is 14.4 Å². The van der Waals surface area contributed by atoms with E-state index in [1.54, 1.807) is 6.92 Å². The zero-order valence-corrected chi connectivity index (χ0v) is 13.4. The van der Waals surface area contributed by atoms with Crippen molar-refractivity contribution in [1.82, 2.24) is 5.32 Å². The number of hydrogen-bond donors (Lipinski definition) is 3. The summed E-state index contributed by atoms with van der Waals surface area (Å²) in [5.41, 5.74) is 0. The Morgan fingerprint density at radius 3 is 2.35 bits per heavy atom. The fourth-order valence-corrected chi connectivity index (χ4v) is 2.25. The number of amides is 1. The molecule has 5 atom stereocenters. The molecule has 1 unspecified atom stereocenters. The summed E-state index contributed by atoms with van der Waals surface area (Å²) in [6.07, 6.45) is -4.38. The van der Waals surface area contributed by atoms with Crippen LogP contribution >= 0.6 is 0 Å². The molecular weight excluding hydrogens is 310 g/mol. The van der Waals surface area contributed by atoms with Gasteiger partial charge in [-0.15, -0.1) is 0 Å². The van der Waals surface area contributed by atoms with Gasteiger partial charge in [-0.2, -0.15) is 0 Å². The van der Waals surface area contributed by atoms with Crippen LogP contribution in [0.15, 0.2) is 0 Å². The molecule has 0 aromatic rings. The molecule has 0 aliphatic carbocycles. The van der Waals surface area contributed by atoms with E-state index in [1.807, 2.05) is 0 Å². The lowest BCUT2D eigenvalue weighted by atomic mass is 9.96. The minimum atomic E-state index is -1.53. The molecule has 1 aliphatic heterocycles. The van der Waals surface area contributed by atoms with Gasteiger partial charge in [0.15, 0.2) is 12.4 Å². The number of esters is 2. The highest BCUT2D eigenvalue weighted by atomic mass is 16.7. The summed E-state index contributed by atoms with van der Waals surface area (Å²) in [4.78, 5) is 33.8. The van der Waals surface area contributed by atoms with Crippen molar-refractivity contribution in [3.63, 3.8) is 0 Å². The Balaban J connectivity index is 2.84. The Kier molecular flexibility index (Phi) is 7.40. The number of carbonyl (C=O) groups excluding carboxylic acids is 3. The minimum absolute atomic E-state index is 0.213. The minimum Gasteiger partial charge on any atom is -0.463 e. The maximum atomic E-state index is 11.7. The van der Waals surface area contributed by atoms with E-state index in [0.717, 1.165) is 6.92 Å². The maximum Gasteiger partial charge on any atom is 0.303 e. The van der Waals surface area contributed by atoms with E-state index in [1.165, 1.54) is 6.92 Å². The Morgan fingerprint density at radius 2 is 1.83 bits per heavy atom. The zero-order chi connectivity index (χ0) is 17.6. The van der Waals surface area contributed by atoms with Gasteiger partial charge < -0.3 is 29.7 Å². The predicted molar refractivity (Wildman–Crippen MR) is 75.9 cm³/mol. The van der Waals surface area contributed by atoms with Gasteiger partial charge in [0.1, 0.15) is 24.9 Å². The molecule has 0 radical (unpaired) electrons. The summed E-state index contributed by atoms with van der Waals surface area (Å²) in [5.74, 6) is -1.64. The first-order chi connectivity index (χ1) is 10.8. The molecule has 132 valence electrons. The SMILES string of the molecule is CCCC(=O)N[C@H]1C(O)O[C@H](COC(C)=O)[C@@H](OC(C)=O)[C@@H]1O. The van der Waals surface area contributed by atoms with Crippen molar-refractivity contribution in [2.75, 3.05) is 6.61 Å². The van der Waals surface area contributed by atoms with Gasteiger partial charge in [-0.05, 0) is 6.42 Å². The van der Waals surface area contributed by atoms with Crippen LogP contribution in [0.4, 0.5) is 0 Å². The number of rotatable bonds is 6. The molecule has 1 amide bonds. The van der Waals surface area contributed by atoms with Crippen LogP contribution in [0.5, 0.6) is 0 Å². The van der Waals surface area contributed by atoms with E-state index in [-0.39, 0.29) is 18.9 Å². The summed E-state index contributed by atoms with van der Waals surface area (Å²) in [6, 6.07) is -1.16. The van der Waals surface area contributed by atoms with Gasteiger partial charge in [-0.25, -0.2) is 0 Å². The molecule has 23 heavy (non-hydrogen) atoms. The molecule has 0 saturated carbocycles.